The van der Waals surface area contributed by atoms with Crippen molar-refractivity contribution in [3.05, 3.63) is 29.3 Å². The number of hydrogen-bond acceptors (Lipinski definition) is 2. The van der Waals surface area contributed by atoms with Gasteiger partial charge in [0.15, 0.2) is 6.10 Å². The number of rotatable bonds is 4. The minimum atomic E-state index is -0.474. The number of benzene rings is 1. The van der Waals surface area contributed by atoms with Crippen molar-refractivity contribution in [3.63, 3.8) is 0 Å². The lowest BCUT2D eigenvalue weighted by atomic mass is 10.1. The third-order valence-corrected chi connectivity index (χ3v) is 2.45. The Bertz CT molecular complexity index is 399. The second-order valence-corrected chi connectivity index (χ2v) is 4.69. The van der Waals surface area contributed by atoms with Crippen molar-refractivity contribution in [2.45, 2.75) is 46.8 Å². The summed E-state index contributed by atoms with van der Waals surface area (Å²) >= 11 is 0. The van der Waals surface area contributed by atoms with E-state index in [0.717, 1.165) is 16.9 Å². The van der Waals surface area contributed by atoms with E-state index in [2.05, 4.69) is 5.32 Å². The van der Waals surface area contributed by atoms with Crippen LogP contribution in [-0.2, 0) is 4.79 Å². The summed E-state index contributed by atoms with van der Waals surface area (Å²) in [5.41, 5.74) is 2.17. The molecule has 17 heavy (non-hydrogen) atoms. The van der Waals surface area contributed by atoms with Crippen molar-refractivity contribution in [2.75, 3.05) is 0 Å². The van der Waals surface area contributed by atoms with Crippen LogP contribution in [0.25, 0.3) is 0 Å². The normalized spacial score (nSPS) is 12.4. The second kappa shape index (κ2) is 5.71. The zero-order valence-corrected chi connectivity index (χ0v) is 11.2. The van der Waals surface area contributed by atoms with Gasteiger partial charge >= 0.3 is 0 Å². The van der Waals surface area contributed by atoms with Crippen LogP contribution in [0.4, 0.5) is 0 Å². The summed E-state index contributed by atoms with van der Waals surface area (Å²) in [6.45, 7) is 9.61. The van der Waals surface area contributed by atoms with Gasteiger partial charge in [0.25, 0.3) is 5.91 Å². The molecule has 0 aliphatic carbocycles. The number of nitrogens with one attached hydrogen (secondary N) is 1. The monoisotopic (exact) mass is 235 g/mol. The molecule has 0 fully saturated rings. The Morgan fingerprint density at radius 3 is 2.47 bits per heavy atom. The van der Waals surface area contributed by atoms with E-state index >= 15 is 0 Å². The molecule has 0 saturated carbocycles. The van der Waals surface area contributed by atoms with Gasteiger partial charge in [-0.05, 0) is 51.8 Å². The number of carbonyl (C=O) groups is 1. The van der Waals surface area contributed by atoms with Gasteiger partial charge < -0.3 is 10.1 Å². The quantitative estimate of drug-likeness (QED) is 0.871. The lowest BCUT2D eigenvalue weighted by Gasteiger charge is -2.18. The Balaban J connectivity index is 2.70. The summed E-state index contributed by atoms with van der Waals surface area (Å²) in [5.74, 6) is 0.692. The Morgan fingerprint density at radius 2 is 1.88 bits per heavy atom. The van der Waals surface area contributed by atoms with Gasteiger partial charge in [0.05, 0.1) is 0 Å². The van der Waals surface area contributed by atoms with Gasteiger partial charge in [-0.15, -0.1) is 0 Å². The van der Waals surface area contributed by atoms with E-state index in [4.69, 9.17) is 4.74 Å². The third-order valence-electron chi connectivity index (χ3n) is 2.45. The fourth-order valence-corrected chi connectivity index (χ4v) is 1.48. The van der Waals surface area contributed by atoms with Gasteiger partial charge in [-0.3, -0.25) is 4.79 Å². The van der Waals surface area contributed by atoms with Crippen LogP contribution in [0.1, 0.15) is 31.9 Å². The van der Waals surface area contributed by atoms with E-state index in [0.29, 0.717) is 0 Å². The van der Waals surface area contributed by atoms with Crippen LogP contribution in [0, 0.1) is 13.8 Å². The molecule has 1 aromatic carbocycles. The largest absolute Gasteiger partial charge is 0.481 e. The van der Waals surface area contributed by atoms with E-state index in [1.54, 1.807) is 6.92 Å². The van der Waals surface area contributed by atoms with Gasteiger partial charge in [0, 0.05) is 6.04 Å². The van der Waals surface area contributed by atoms with Crippen LogP contribution in [0.15, 0.2) is 18.2 Å². The molecule has 0 unspecified atom stereocenters. The lowest BCUT2D eigenvalue weighted by molar-refractivity contribution is -0.127. The molecule has 0 saturated heterocycles. The highest BCUT2D eigenvalue weighted by Crippen LogP contribution is 2.20. The summed E-state index contributed by atoms with van der Waals surface area (Å²) in [6, 6.07) is 6.11. The SMILES string of the molecule is Cc1ccc(C)c(O[C@H](C)C(=O)NC(C)C)c1. The zero-order valence-electron chi connectivity index (χ0n) is 11.2. The molecule has 0 radical (unpaired) electrons. The molecule has 1 amide bonds. The molecule has 1 aromatic rings. The highest BCUT2D eigenvalue weighted by Gasteiger charge is 2.16. The van der Waals surface area contributed by atoms with Gasteiger partial charge in [-0.1, -0.05) is 12.1 Å². The van der Waals surface area contributed by atoms with Crippen LogP contribution in [-0.4, -0.2) is 18.1 Å². The van der Waals surface area contributed by atoms with Crippen LogP contribution in [0.2, 0.25) is 0 Å². The highest BCUT2D eigenvalue weighted by atomic mass is 16.5. The number of aryl methyl sites for hydroxylation is 2. The van der Waals surface area contributed by atoms with Gasteiger partial charge in [0.2, 0.25) is 0 Å². The Labute approximate surface area is 103 Å². The summed E-state index contributed by atoms with van der Waals surface area (Å²) in [6.07, 6.45) is -0.474. The second-order valence-electron chi connectivity index (χ2n) is 4.69. The van der Waals surface area contributed by atoms with Crippen molar-refractivity contribution in [2.24, 2.45) is 0 Å². The molecule has 0 bridgehead atoms. The predicted molar refractivity (Wildman–Crippen MR) is 69.3 cm³/mol. The number of ether oxygens (including phenoxy) is 1. The van der Waals surface area contributed by atoms with Crippen LogP contribution < -0.4 is 10.1 Å². The molecule has 0 aliphatic rings. The summed E-state index contributed by atoms with van der Waals surface area (Å²) in [4.78, 5) is 11.7. The molecule has 1 atom stereocenters. The maximum Gasteiger partial charge on any atom is 0.260 e. The first-order valence-electron chi connectivity index (χ1n) is 5.94. The maximum atomic E-state index is 11.7. The van der Waals surface area contributed by atoms with E-state index in [1.165, 1.54) is 0 Å². The molecule has 1 rings (SSSR count). The van der Waals surface area contributed by atoms with Crippen molar-refractivity contribution in [1.29, 1.82) is 0 Å². The Hall–Kier alpha value is -1.51. The van der Waals surface area contributed by atoms with Crippen molar-refractivity contribution in [3.8, 4) is 5.75 Å². The molecule has 0 spiro atoms. The maximum absolute atomic E-state index is 11.7. The van der Waals surface area contributed by atoms with Crippen molar-refractivity contribution in [1.82, 2.24) is 5.32 Å². The fraction of sp³-hybridized carbons (Fsp3) is 0.500. The molecule has 0 heterocycles. The van der Waals surface area contributed by atoms with E-state index in [-0.39, 0.29) is 11.9 Å². The van der Waals surface area contributed by atoms with E-state index in [1.807, 2.05) is 45.9 Å². The van der Waals surface area contributed by atoms with Crippen molar-refractivity contribution >= 4 is 5.91 Å². The van der Waals surface area contributed by atoms with E-state index in [9.17, 15) is 4.79 Å². The average Bonchev–Trinajstić information content (AvgIpc) is 2.22. The average molecular weight is 235 g/mol. The first kappa shape index (κ1) is 13.6. The summed E-state index contributed by atoms with van der Waals surface area (Å²) < 4.78 is 5.68. The molecule has 3 nitrogen and oxygen atoms in total. The molecule has 3 heteroatoms. The minimum absolute atomic E-state index is 0.0825. The first-order valence-corrected chi connectivity index (χ1v) is 5.94. The molecule has 0 aliphatic heterocycles. The fourth-order valence-electron chi connectivity index (χ4n) is 1.48. The Morgan fingerprint density at radius 1 is 1.24 bits per heavy atom. The van der Waals surface area contributed by atoms with Crippen LogP contribution in [0.3, 0.4) is 0 Å². The third kappa shape index (κ3) is 4.10. The number of hydrogen-bond donors (Lipinski definition) is 1. The minimum Gasteiger partial charge on any atom is -0.481 e. The van der Waals surface area contributed by atoms with Crippen molar-refractivity contribution < 1.29 is 9.53 Å². The topological polar surface area (TPSA) is 38.3 Å². The standard InChI is InChI=1S/C14H21NO2/c1-9(2)15-14(16)12(5)17-13-8-10(3)6-7-11(13)4/h6-9,12H,1-5H3,(H,15,16)/t12-/m1/s1. The van der Waals surface area contributed by atoms with Gasteiger partial charge in [0.1, 0.15) is 5.75 Å². The lowest BCUT2D eigenvalue weighted by Crippen LogP contribution is -2.40. The summed E-state index contributed by atoms with van der Waals surface area (Å²) in [7, 11) is 0. The smallest absolute Gasteiger partial charge is 0.260 e. The van der Waals surface area contributed by atoms with Crippen LogP contribution in [0.5, 0.6) is 5.75 Å². The Kier molecular flexibility index (Phi) is 4.55. The molecule has 0 aromatic heterocycles. The zero-order chi connectivity index (χ0) is 13.0. The van der Waals surface area contributed by atoms with Gasteiger partial charge in [-0.25, -0.2) is 0 Å². The van der Waals surface area contributed by atoms with Gasteiger partial charge in [-0.2, -0.15) is 0 Å². The van der Waals surface area contributed by atoms with Crippen LogP contribution >= 0.6 is 0 Å². The highest BCUT2D eigenvalue weighted by molar-refractivity contribution is 5.80. The summed E-state index contributed by atoms with van der Waals surface area (Å²) in [5, 5.41) is 2.83. The molecular weight excluding hydrogens is 214 g/mol. The molecule has 94 valence electrons. The predicted octanol–water partition coefficient (Wildman–Crippen LogP) is 2.60. The first-order chi connectivity index (χ1) is 7.90. The number of amides is 1. The number of carbonyl (C=O) groups excluding carboxylic acids is 1. The molecular formula is C14H21NO2. The molecule has 1 N–H and O–H groups in total. The van der Waals surface area contributed by atoms with E-state index < -0.39 is 6.10 Å².